The molecule has 0 spiro atoms. The monoisotopic (exact) mass is 530 g/mol. The lowest BCUT2D eigenvalue weighted by atomic mass is 10.2. The summed E-state index contributed by atoms with van der Waals surface area (Å²) in [5.41, 5.74) is 1.32. The summed E-state index contributed by atoms with van der Waals surface area (Å²) in [6.45, 7) is 4.26. The van der Waals surface area contributed by atoms with Crippen molar-refractivity contribution in [2.75, 3.05) is 11.1 Å². The summed E-state index contributed by atoms with van der Waals surface area (Å²) < 4.78 is 2.69. The first-order valence-electron chi connectivity index (χ1n) is 8.26. The number of amides is 1. The molecule has 0 unspecified atom stereocenters. The first-order chi connectivity index (χ1) is 13.9. The molecule has 0 aliphatic carbocycles. The summed E-state index contributed by atoms with van der Waals surface area (Å²) in [5, 5.41) is 13.2. The first-order valence-corrected chi connectivity index (χ1v) is 11.2. The van der Waals surface area contributed by atoms with E-state index in [1.165, 1.54) is 11.8 Å². The molecule has 0 fully saturated rings. The maximum atomic E-state index is 12.3. The second-order valence-electron chi connectivity index (χ2n) is 5.80. The van der Waals surface area contributed by atoms with Gasteiger partial charge in [0.05, 0.1) is 26.5 Å². The number of rotatable bonds is 7. The van der Waals surface area contributed by atoms with Crippen LogP contribution in [-0.4, -0.2) is 26.4 Å². The van der Waals surface area contributed by atoms with E-state index in [1.807, 2.05) is 10.6 Å². The standard InChI is InChI=1S/C19H14BrCl3N4OS/c1-2-7-27-18(11-3-5-13(21)14(22)8-11)25-26-19(27)29-10-17(28)24-16-6-4-12(20)9-15(16)23/h2-6,8-9H,1,7,10H2,(H,24,28). The van der Waals surface area contributed by atoms with Crippen molar-refractivity contribution in [1.82, 2.24) is 14.8 Å². The van der Waals surface area contributed by atoms with E-state index >= 15 is 0 Å². The van der Waals surface area contributed by atoms with Crippen LogP contribution in [0.1, 0.15) is 0 Å². The largest absolute Gasteiger partial charge is 0.324 e. The Morgan fingerprint density at radius 3 is 2.62 bits per heavy atom. The Bertz CT molecular complexity index is 1070. The molecule has 0 atom stereocenters. The number of carbonyl (C=O) groups excluding carboxylic acids is 1. The number of hydrogen-bond donors (Lipinski definition) is 1. The van der Waals surface area contributed by atoms with Crippen LogP contribution in [0.15, 0.2) is 58.7 Å². The summed E-state index contributed by atoms with van der Waals surface area (Å²) in [5.74, 6) is 0.550. The Hall–Kier alpha value is -1.51. The van der Waals surface area contributed by atoms with Crippen LogP contribution < -0.4 is 5.32 Å². The molecule has 5 nitrogen and oxygen atoms in total. The second kappa shape index (κ2) is 10.00. The second-order valence-corrected chi connectivity index (χ2v) is 8.88. The van der Waals surface area contributed by atoms with Crippen LogP contribution >= 0.6 is 62.5 Å². The predicted octanol–water partition coefficient (Wildman–Crippen LogP) is 6.58. The molecule has 3 aromatic rings. The maximum Gasteiger partial charge on any atom is 0.234 e. The number of nitrogens with one attached hydrogen (secondary N) is 1. The smallest absolute Gasteiger partial charge is 0.234 e. The normalized spacial score (nSPS) is 10.8. The SMILES string of the molecule is C=CCn1c(SCC(=O)Nc2ccc(Br)cc2Cl)nnc1-c1ccc(Cl)c(Cl)c1. The van der Waals surface area contributed by atoms with Gasteiger partial charge in [0, 0.05) is 16.6 Å². The van der Waals surface area contributed by atoms with Gasteiger partial charge in [0.15, 0.2) is 11.0 Å². The predicted molar refractivity (Wildman–Crippen MR) is 124 cm³/mol. The van der Waals surface area contributed by atoms with E-state index in [1.54, 1.807) is 36.4 Å². The number of thioether (sulfide) groups is 1. The summed E-state index contributed by atoms with van der Waals surface area (Å²) >= 11 is 22.9. The van der Waals surface area contributed by atoms with Crippen LogP contribution in [0.5, 0.6) is 0 Å². The van der Waals surface area contributed by atoms with Gasteiger partial charge in [0.25, 0.3) is 0 Å². The molecule has 150 valence electrons. The Morgan fingerprint density at radius 2 is 1.93 bits per heavy atom. The molecule has 1 N–H and O–H groups in total. The zero-order valence-corrected chi connectivity index (χ0v) is 19.5. The summed E-state index contributed by atoms with van der Waals surface area (Å²) in [6, 6.07) is 10.5. The van der Waals surface area contributed by atoms with Gasteiger partial charge in [0.1, 0.15) is 0 Å². The summed E-state index contributed by atoms with van der Waals surface area (Å²) in [4.78, 5) is 12.3. The van der Waals surface area contributed by atoms with Gasteiger partial charge in [0.2, 0.25) is 5.91 Å². The minimum Gasteiger partial charge on any atom is -0.324 e. The molecular formula is C19H14BrCl3N4OS. The van der Waals surface area contributed by atoms with Gasteiger partial charge in [-0.2, -0.15) is 0 Å². The van der Waals surface area contributed by atoms with Crippen molar-refractivity contribution >= 4 is 74.1 Å². The summed E-state index contributed by atoms with van der Waals surface area (Å²) in [7, 11) is 0. The Balaban J connectivity index is 1.75. The molecule has 29 heavy (non-hydrogen) atoms. The lowest BCUT2D eigenvalue weighted by Crippen LogP contribution is -2.15. The Labute approximate surface area is 195 Å². The molecule has 1 heterocycles. The number of halogens is 4. The van der Waals surface area contributed by atoms with Crippen LogP contribution in [0.25, 0.3) is 11.4 Å². The number of benzene rings is 2. The first kappa shape index (κ1) is 22.2. The fourth-order valence-electron chi connectivity index (χ4n) is 2.45. The molecule has 3 rings (SSSR count). The van der Waals surface area contributed by atoms with E-state index in [0.29, 0.717) is 38.3 Å². The molecule has 0 aliphatic rings. The topological polar surface area (TPSA) is 59.8 Å². The third kappa shape index (κ3) is 5.55. The van der Waals surface area contributed by atoms with Crippen molar-refractivity contribution in [1.29, 1.82) is 0 Å². The van der Waals surface area contributed by atoms with E-state index in [9.17, 15) is 4.79 Å². The average Bonchev–Trinajstić information content (AvgIpc) is 3.07. The van der Waals surface area contributed by atoms with Crippen LogP contribution in [0.4, 0.5) is 5.69 Å². The van der Waals surface area contributed by atoms with Crippen molar-refractivity contribution in [3.63, 3.8) is 0 Å². The number of carbonyl (C=O) groups is 1. The fourth-order valence-corrected chi connectivity index (χ4v) is 4.21. The number of allylic oxidation sites excluding steroid dienone is 1. The molecule has 1 amide bonds. The quantitative estimate of drug-likeness (QED) is 0.276. The highest BCUT2D eigenvalue weighted by Gasteiger charge is 2.16. The van der Waals surface area contributed by atoms with Gasteiger partial charge in [-0.25, -0.2) is 0 Å². The van der Waals surface area contributed by atoms with Gasteiger partial charge in [-0.3, -0.25) is 9.36 Å². The van der Waals surface area contributed by atoms with Crippen LogP contribution in [0.3, 0.4) is 0 Å². The fraction of sp³-hybridized carbons (Fsp3) is 0.105. The molecule has 0 saturated heterocycles. The molecule has 10 heteroatoms. The lowest BCUT2D eigenvalue weighted by Gasteiger charge is -2.09. The average molecular weight is 533 g/mol. The summed E-state index contributed by atoms with van der Waals surface area (Å²) in [6.07, 6.45) is 1.73. The number of anilines is 1. The zero-order valence-electron chi connectivity index (χ0n) is 14.8. The molecule has 0 radical (unpaired) electrons. The van der Waals surface area contributed by atoms with Crippen molar-refractivity contribution in [2.45, 2.75) is 11.7 Å². The maximum absolute atomic E-state index is 12.3. The van der Waals surface area contributed by atoms with Crippen molar-refractivity contribution in [3.05, 3.63) is 68.6 Å². The molecule has 0 bridgehead atoms. The van der Waals surface area contributed by atoms with E-state index in [0.717, 1.165) is 10.0 Å². The highest BCUT2D eigenvalue weighted by Crippen LogP contribution is 2.30. The van der Waals surface area contributed by atoms with E-state index in [4.69, 9.17) is 34.8 Å². The van der Waals surface area contributed by atoms with E-state index in [-0.39, 0.29) is 11.7 Å². The molecule has 2 aromatic carbocycles. The molecule has 0 saturated carbocycles. The third-order valence-corrected chi connectivity index (χ3v) is 6.26. The van der Waals surface area contributed by atoms with Gasteiger partial charge in [-0.05, 0) is 36.4 Å². The highest BCUT2D eigenvalue weighted by molar-refractivity contribution is 9.10. The van der Waals surface area contributed by atoms with E-state index in [2.05, 4.69) is 38.0 Å². The van der Waals surface area contributed by atoms with Crippen LogP contribution in [0, 0.1) is 0 Å². The minimum atomic E-state index is -0.205. The van der Waals surface area contributed by atoms with Gasteiger partial charge in [-0.15, -0.1) is 16.8 Å². The van der Waals surface area contributed by atoms with Crippen LogP contribution in [-0.2, 0) is 11.3 Å². The van der Waals surface area contributed by atoms with Crippen molar-refractivity contribution in [2.24, 2.45) is 0 Å². The van der Waals surface area contributed by atoms with E-state index < -0.39 is 0 Å². The Morgan fingerprint density at radius 1 is 1.14 bits per heavy atom. The minimum absolute atomic E-state index is 0.142. The van der Waals surface area contributed by atoms with Gasteiger partial charge >= 0.3 is 0 Å². The number of hydrogen-bond acceptors (Lipinski definition) is 4. The van der Waals surface area contributed by atoms with Crippen LogP contribution in [0.2, 0.25) is 15.1 Å². The third-order valence-electron chi connectivity index (χ3n) is 3.74. The van der Waals surface area contributed by atoms with Crippen molar-refractivity contribution in [3.8, 4) is 11.4 Å². The molecule has 1 aromatic heterocycles. The zero-order chi connectivity index (χ0) is 21.0. The number of aromatic nitrogens is 3. The number of nitrogens with zero attached hydrogens (tertiary/aromatic N) is 3. The molecule has 0 aliphatic heterocycles. The Kier molecular flexibility index (Phi) is 7.65. The molecular weight excluding hydrogens is 519 g/mol. The van der Waals surface area contributed by atoms with Crippen molar-refractivity contribution < 1.29 is 4.79 Å². The van der Waals surface area contributed by atoms with Gasteiger partial charge in [-0.1, -0.05) is 68.6 Å². The highest BCUT2D eigenvalue weighted by atomic mass is 79.9. The lowest BCUT2D eigenvalue weighted by molar-refractivity contribution is -0.113. The van der Waals surface area contributed by atoms with Gasteiger partial charge < -0.3 is 5.32 Å².